The van der Waals surface area contributed by atoms with Gasteiger partial charge in [-0.05, 0) is 70.9 Å². The maximum atomic E-state index is 11.9. The second-order valence-corrected chi connectivity index (χ2v) is 12.5. The lowest BCUT2D eigenvalue weighted by atomic mass is 9.93. The third-order valence-electron chi connectivity index (χ3n) is 5.69. The second-order valence-electron chi connectivity index (χ2n) is 12.5. The van der Waals surface area contributed by atoms with Crippen LogP contribution in [0.15, 0.2) is 60.7 Å². The van der Waals surface area contributed by atoms with Crippen molar-refractivity contribution in [3.63, 3.8) is 0 Å². The molecule has 0 saturated heterocycles. The van der Waals surface area contributed by atoms with Crippen LogP contribution in [0, 0.1) is 11.8 Å². The molecule has 41 heavy (non-hydrogen) atoms. The Kier molecular flexibility index (Phi) is 17.0. The van der Waals surface area contributed by atoms with E-state index in [1.165, 1.54) is 5.56 Å². The molecule has 0 aliphatic carbocycles. The van der Waals surface area contributed by atoms with Gasteiger partial charge in [-0.15, -0.1) is 0 Å². The Morgan fingerprint density at radius 3 is 1.51 bits per heavy atom. The van der Waals surface area contributed by atoms with Crippen LogP contribution in [0.1, 0.15) is 86.5 Å². The first-order chi connectivity index (χ1) is 19.0. The molecule has 232 valence electrons. The fourth-order valence-electron chi connectivity index (χ4n) is 3.69. The molecule has 0 saturated carbocycles. The molecule has 2 aromatic carbocycles. The van der Waals surface area contributed by atoms with E-state index >= 15 is 0 Å². The number of amides is 2. The number of rotatable bonds is 8. The van der Waals surface area contributed by atoms with Crippen molar-refractivity contribution in [2.24, 2.45) is 11.8 Å². The normalized spacial score (nSPS) is 13.4. The minimum Gasteiger partial charge on any atom is -0.444 e. The first-order valence-electron chi connectivity index (χ1n) is 14.2. The van der Waals surface area contributed by atoms with Gasteiger partial charge in [-0.1, -0.05) is 88.4 Å². The Balaban J connectivity index is 0.000000737. The Labute approximate surface area is 247 Å². The van der Waals surface area contributed by atoms with E-state index < -0.39 is 29.4 Å². The molecule has 0 aliphatic heterocycles. The van der Waals surface area contributed by atoms with Crippen LogP contribution in [0.4, 0.5) is 9.59 Å². The SMILES string of the molecule is CC(C)[C@@H](Cc1ccccc1)NC(=O)OC(C)(C)C.CC(C)[C@H](NC(=O)OC(C)(C)C)C(O)c1ccccc1.CO. The Morgan fingerprint density at radius 1 is 0.707 bits per heavy atom. The number of hydrogen-bond donors (Lipinski definition) is 4. The van der Waals surface area contributed by atoms with Crippen LogP contribution in [-0.4, -0.2) is 52.8 Å². The van der Waals surface area contributed by atoms with E-state index in [-0.39, 0.29) is 18.1 Å². The standard InChI is InChI=1S/C16H25NO3.C16H25NO2.CH4O/c1-11(2)13(17-15(19)20-16(3,4)5)14(18)12-9-7-6-8-10-12;1-12(2)14(11-13-9-7-6-8-10-13)17-15(18)19-16(3,4)5;1-2/h6-11,13-14,18H,1-5H3,(H,17,19);6-10,12,14H,11H2,1-5H3,(H,17,18);2H,1H3/t13-,14?;14-;/m01./s1. The van der Waals surface area contributed by atoms with Crippen LogP contribution >= 0.6 is 0 Å². The maximum Gasteiger partial charge on any atom is 0.407 e. The van der Waals surface area contributed by atoms with Crippen molar-refractivity contribution >= 4 is 12.2 Å². The Hall–Kier alpha value is -3.10. The average Bonchev–Trinajstić information content (AvgIpc) is 2.87. The molecule has 2 aromatic rings. The third-order valence-corrected chi connectivity index (χ3v) is 5.69. The zero-order valence-corrected chi connectivity index (χ0v) is 26.9. The van der Waals surface area contributed by atoms with Gasteiger partial charge in [-0.2, -0.15) is 0 Å². The number of alkyl carbamates (subject to hydrolysis) is 2. The molecular formula is C33H54N2O6. The molecule has 8 heteroatoms. The van der Waals surface area contributed by atoms with Crippen molar-refractivity contribution in [3.8, 4) is 0 Å². The highest BCUT2D eigenvalue weighted by molar-refractivity contribution is 5.68. The molecule has 8 nitrogen and oxygen atoms in total. The highest BCUT2D eigenvalue weighted by Gasteiger charge is 2.28. The quantitative estimate of drug-likeness (QED) is 0.280. The largest absolute Gasteiger partial charge is 0.444 e. The summed E-state index contributed by atoms with van der Waals surface area (Å²) in [5.74, 6) is 0.436. The number of benzene rings is 2. The molecular weight excluding hydrogens is 520 g/mol. The Morgan fingerprint density at radius 2 is 1.12 bits per heavy atom. The molecule has 1 unspecified atom stereocenters. The summed E-state index contributed by atoms with van der Waals surface area (Å²) >= 11 is 0. The topological polar surface area (TPSA) is 117 Å². The van der Waals surface area contributed by atoms with Gasteiger partial charge in [0, 0.05) is 13.2 Å². The highest BCUT2D eigenvalue weighted by atomic mass is 16.6. The van der Waals surface area contributed by atoms with Gasteiger partial charge in [0.15, 0.2) is 0 Å². The van der Waals surface area contributed by atoms with Gasteiger partial charge in [0.1, 0.15) is 11.2 Å². The fraction of sp³-hybridized carbons (Fsp3) is 0.576. The summed E-state index contributed by atoms with van der Waals surface area (Å²) in [5, 5.41) is 23.1. The van der Waals surface area contributed by atoms with E-state index in [1.54, 1.807) is 0 Å². The van der Waals surface area contributed by atoms with Gasteiger partial charge in [-0.3, -0.25) is 0 Å². The van der Waals surface area contributed by atoms with Crippen LogP contribution < -0.4 is 10.6 Å². The molecule has 0 aromatic heterocycles. The second kappa shape index (κ2) is 18.4. The molecule has 0 radical (unpaired) electrons. The number of carbonyl (C=O) groups excluding carboxylic acids is 2. The van der Waals surface area contributed by atoms with E-state index in [0.29, 0.717) is 5.92 Å². The molecule has 0 bridgehead atoms. The van der Waals surface area contributed by atoms with Crippen molar-refractivity contribution in [2.75, 3.05) is 7.11 Å². The number of aliphatic hydroxyl groups excluding tert-OH is 2. The van der Waals surface area contributed by atoms with E-state index in [2.05, 4.69) is 36.6 Å². The molecule has 0 aliphatic rings. The molecule has 0 fully saturated rings. The number of carbonyl (C=O) groups is 2. The predicted molar refractivity (Wildman–Crippen MR) is 166 cm³/mol. The average molecular weight is 575 g/mol. The molecule has 0 heterocycles. The van der Waals surface area contributed by atoms with Crippen molar-refractivity contribution in [2.45, 2.75) is 105 Å². The molecule has 0 spiro atoms. The molecule has 3 atom stereocenters. The van der Waals surface area contributed by atoms with Crippen LogP contribution in [0.2, 0.25) is 0 Å². The van der Waals surface area contributed by atoms with Gasteiger partial charge >= 0.3 is 12.2 Å². The van der Waals surface area contributed by atoms with E-state index in [9.17, 15) is 14.7 Å². The van der Waals surface area contributed by atoms with Gasteiger partial charge < -0.3 is 30.3 Å². The summed E-state index contributed by atoms with van der Waals surface area (Å²) < 4.78 is 10.5. The number of hydrogen-bond acceptors (Lipinski definition) is 6. The van der Waals surface area contributed by atoms with Crippen LogP contribution in [0.25, 0.3) is 0 Å². The minimum atomic E-state index is -0.760. The minimum absolute atomic E-state index is 0.0808. The number of aliphatic hydroxyl groups is 2. The summed E-state index contributed by atoms with van der Waals surface area (Å²) in [6.07, 6.45) is -0.797. The molecule has 2 rings (SSSR count). The summed E-state index contributed by atoms with van der Waals surface area (Å²) in [6, 6.07) is 19.2. The third kappa shape index (κ3) is 17.3. The first-order valence-corrected chi connectivity index (χ1v) is 14.2. The zero-order valence-electron chi connectivity index (χ0n) is 26.9. The van der Waals surface area contributed by atoms with Crippen molar-refractivity contribution in [3.05, 3.63) is 71.8 Å². The van der Waals surface area contributed by atoms with Gasteiger partial charge in [0.2, 0.25) is 0 Å². The first kappa shape index (κ1) is 37.9. The van der Waals surface area contributed by atoms with Crippen LogP contribution in [-0.2, 0) is 15.9 Å². The summed E-state index contributed by atoms with van der Waals surface area (Å²) in [5.41, 5.74) is 0.987. The summed E-state index contributed by atoms with van der Waals surface area (Å²) in [4.78, 5) is 23.7. The van der Waals surface area contributed by atoms with Gasteiger partial charge in [0.25, 0.3) is 0 Å². The van der Waals surface area contributed by atoms with Crippen molar-refractivity contribution in [1.29, 1.82) is 0 Å². The predicted octanol–water partition coefficient (Wildman–Crippen LogP) is 6.66. The lowest BCUT2D eigenvalue weighted by Gasteiger charge is -2.29. The Bertz CT molecular complexity index is 982. The monoisotopic (exact) mass is 574 g/mol. The van der Waals surface area contributed by atoms with Gasteiger partial charge in [-0.25, -0.2) is 9.59 Å². The van der Waals surface area contributed by atoms with Crippen molar-refractivity contribution < 1.29 is 29.3 Å². The lowest BCUT2D eigenvalue weighted by Crippen LogP contribution is -2.45. The highest BCUT2D eigenvalue weighted by Crippen LogP contribution is 2.22. The van der Waals surface area contributed by atoms with Crippen molar-refractivity contribution in [1.82, 2.24) is 10.6 Å². The van der Waals surface area contributed by atoms with Crippen LogP contribution in [0.3, 0.4) is 0 Å². The molecule has 4 N–H and O–H groups in total. The maximum absolute atomic E-state index is 11.9. The van der Waals surface area contributed by atoms with E-state index in [0.717, 1.165) is 19.1 Å². The smallest absolute Gasteiger partial charge is 0.407 e. The molecule has 2 amide bonds. The lowest BCUT2D eigenvalue weighted by molar-refractivity contribution is 0.0373. The van der Waals surface area contributed by atoms with Gasteiger partial charge in [0.05, 0.1) is 12.1 Å². The zero-order chi connectivity index (χ0) is 31.8. The number of nitrogens with one attached hydrogen (secondary N) is 2. The summed E-state index contributed by atoms with van der Waals surface area (Å²) in [7, 11) is 1.00. The van der Waals surface area contributed by atoms with Crippen LogP contribution in [0.5, 0.6) is 0 Å². The van der Waals surface area contributed by atoms with E-state index in [1.807, 2.05) is 104 Å². The summed E-state index contributed by atoms with van der Waals surface area (Å²) in [6.45, 7) is 19.1. The number of ether oxygens (including phenoxy) is 2. The van der Waals surface area contributed by atoms with E-state index in [4.69, 9.17) is 14.6 Å². The fourth-order valence-corrected chi connectivity index (χ4v) is 3.69.